The maximum Gasteiger partial charge on any atom is 0 e. The van der Waals surface area contributed by atoms with Crippen molar-refractivity contribution >= 4 is 8.41 Å². The molecule has 0 fully saturated rings. The Balaban J connectivity index is -0.0000000151. The number of rotatable bonds is 3. The van der Waals surface area contributed by atoms with E-state index in [1.54, 1.807) is 0 Å². The first-order valence-electron chi connectivity index (χ1n) is 9.33. The molecular weight excluding hydrogens is 239 g/mol. The van der Waals surface area contributed by atoms with Crippen LogP contribution in [0.1, 0.15) is 129 Å². The van der Waals surface area contributed by atoms with E-state index < -0.39 is 0 Å². The van der Waals surface area contributed by atoms with Crippen molar-refractivity contribution in [1.82, 2.24) is 0 Å². The number of hydrogen-bond donors (Lipinski definition) is 0. The Kier molecular flexibility index (Phi) is 608. The maximum atomic E-state index is 2.23. The third kappa shape index (κ3) is 560. The van der Waals surface area contributed by atoms with E-state index in [2.05, 4.69) is 27.7 Å². The zero-order valence-corrected chi connectivity index (χ0v) is 18.1. The molecule has 0 heterocycles. The topological polar surface area (TPSA) is 0 Å². The molecule has 0 bridgehead atoms. The molecule has 0 aromatic heterocycles. The van der Waals surface area contributed by atoms with E-state index in [0.717, 1.165) is 0 Å². The summed E-state index contributed by atoms with van der Waals surface area (Å²) in [5, 5.41) is 0. The summed E-state index contributed by atoms with van der Waals surface area (Å²) in [5.74, 6) is 0. The maximum absolute atomic E-state index is 2.23. The van der Waals surface area contributed by atoms with Gasteiger partial charge in [-0.2, -0.15) is 0 Å². The van der Waals surface area contributed by atoms with Crippen molar-refractivity contribution in [2.24, 2.45) is 0 Å². The highest BCUT2D eigenvalue weighted by Gasteiger charge is 1.75. The fourth-order valence-electron chi connectivity index (χ4n) is 0.500. The second kappa shape index (κ2) is 243. The van der Waals surface area contributed by atoms with E-state index in [0.29, 0.717) is 0 Å². The van der Waals surface area contributed by atoms with Crippen LogP contribution in [0, 0.1) is 0 Å². The molecular formula is C19H52B. The molecule has 0 saturated heterocycles. The van der Waals surface area contributed by atoms with Gasteiger partial charge in [0.15, 0.2) is 0 Å². The van der Waals surface area contributed by atoms with Gasteiger partial charge in [0, 0.05) is 8.41 Å². The first kappa shape index (κ1) is 50.1. The molecule has 1 heteroatoms. The van der Waals surface area contributed by atoms with E-state index in [1.165, 1.54) is 32.1 Å². The smallest absolute Gasteiger partial charge is 0 e. The minimum Gasteiger partial charge on any atom is -0.0683 e. The minimum atomic E-state index is 0. The fourth-order valence-corrected chi connectivity index (χ4v) is 0.500. The Bertz CT molecular complexity index is 24.9. The van der Waals surface area contributed by atoms with E-state index in [9.17, 15) is 0 Å². The number of unbranched alkanes of at least 4 members (excludes halogenated alkanes) is 3. The largest absolute Gasteiger partial charge is 0.0683 e. The molecule has 0 atom stereocenters. The third-order valence-corrected chi connectivity index (χ3v) is 0.957. The van der Waals surface area contributed by atoms with Gasteiger partial charge in [0.05, 0.1) is 0 Å². The molecule has 0 aliphatic heterocycles. The highest BCUT2D eigenvalue weighted by molar-refractivity contribution is 5.75. The SMILES string of the molecule is CC.CC.CC.CC.CC.CCC.CCCCCC.[B]. The Morgan fingerprint density at radius 1 is 0.400 bits per heavy atom. The fraction of sp³-hybridized carbons (Fsp3) is 1.00. The molecule has 3 radical (unpaired) electrons. The first-order chi connectivity index (χ1) is 9.33. The minimum absolute atomic E-state index is 0. The normalized spacial score (nSPS) is 5.10. The predicted octanol–water partition coefficient (Wildman–Crippen LogP) is 8.75. The van der Waals surface area contributed by atoms with E-state index in [1.807, 2.05) is 69.2 Å². The lowest BCUT2D eigenvalue weighted by atomic mass is 10.2. The van der Waals surface area contributed by atoms with Gasteiger partial charge in [0.25, 0.3) is 0 Å². The summed E-state index contributed by atoms with van der Waals surface area (Å²) in [4.78, 5) is 0. The zero-order valence-electron chi connectivity index (χ0n) is 18.1. The van der Waals surface area contributed by atoms with Gasteiger partial charge in [-0.15, -0.1) is 0 Å². The summed E-state index contributed by atoms with van der Waals surface area (Å²) >= 11 is 0. The molecule has 0 N–H and O–H groups in total. The predicted molar refractivity (Wildman–Crippen MR) is 108 cm³/mol. The lowest BCUT2D eigenvalue weighted by molar-refractivity contribution is 0.702. The van der Waals surface area contributed by atoms with Gasteiger partial charge < -0.3 is 0 Å². The van der Waals surface area contributed by atoms with Crippen LogP contribution in [0.5, 0.6) is 0 Å². The summed E-state index contributed by atoms with van der Waals surface area (Å²) in [5.41, 5.74) is 0. The Morgan fingerprint density at radius 3 is 0.550 bits per heavy atom. The van der Waals surface area contributed by atoms with Crippen LogP contribution >= 0.6 is 0 Å². The molecule has 0 aromatic rings. The van der Waals surface area contributed by atoms with Gasteiger partial charge in [0.2, 0.25) is 0 Å². The van der Waals surface area contributed by atoms with Crippen LogP contribution in [0.4, 0.5) is 0 Å². The summed E-state index contributed by atoms with van der Waals surface area (Å²) in [6.45, 7) is 28.7. The van der Waals surface area contributed by atoms with Gasteiger partial charge in [-0.25, -0.2) is 0 Å². The molecule has 0 aliphatic rings. The van der Waals surface area contributed by atoms with Crippen LogP contribution < -0.4 is 0 Å². The third-order valence-electron chi connectivity index (χ3n) is 0.957. The molecule has 131 valence electrons. The molecule has 0 amide bonds. The van der Waals surface area contributed by atoms with E-state index in [4.69, 9.17) is 0 Å². The molecule has 20 heavy (non-hydrogen) atoms. The second-order valence-electron chi connectivity index (χ2n) is 2.41. The van der Waals surface area contributed by atoms with Gasteiger partial charge in [-0.1, -0.05) is 129 Å². The molecule has 0 unspecified atom stereocenters. The molecule has 0 rings (SSSR count). The van der Waals surface area contributed by atoms with Gasteiger partial charge in [-0.05, 0) is 0 Å². The van der Waals surface area contributed by atoms with Crippen LogP contribution in [0.2, 0.25) is 0 Å². The average molecular weight is 291 g/mol. The van der Waals surface area contributed by atoms with E-state index in [-0.39, 0.29) is 8.41 Å². The van der Waals surface area contributed by atoms with E-state index >= 15 is 0 Å². The summed E-state index contributed by atoms with van der Waals surface area (Å²) in [6, 6.07) is 0. The van der Waals surface area contributed by atoms with Gasteiger partial charge >= 0.3 is 0 Å². The monoisotopic (exact) mass is 291 g/mol. The van der Waals surface area contributed by atoms with Crippen molar-refractivity contribution in [3.63, 3.8) is 0 Å². The average Bonchev–Trinajstić information content (AvgIpc) is 2.56. The van der Waals surface area contributed by atoms with Crippen molar-refractivity contribution in [3.8, 4) is 0 Å². The molecule has 0 nitrogen and oxygen atoms in total. The van der Waals surface area contributed by atoms with Crippen molar-refractivity contribution < 1.29 is 0 Å². The molecule has 0 aliphatic carbocycles. The van der Waals surface area contributed by atoms with Gasteiger partial charge in [-0.3, -0.25) is 0 Å². The van der Waals surface area contributed by atoms with Gasteiger partial charge in [0.1, 0.15) is 0 Å². The first-order valence-corrected chi connectivity index (χ1v) is 9.33. The quantitative estimate of drug-likeness (QED) is 0.360. The van der Waals surface area contributed by atoms with Crippen molar-refractivity contribution in [3.05, 3.63) is 0 Å². The van der Waals surface area contributed by atoms with Crippen LogP contribution in [-0.2, 0) is 0 Å². The van der Waals surface area contributed by atoms with Crippen molar-refractivity contribution in [1.29, 1.82) is 0 Å². The van der Waals surface area contributed by atoms with Crippen LogP contribution in [0.3, 0.4) is 0 Å². The highest BCUT2D eigenvalue weighted by Crippen LogP contribution is 1.95. The Hall–Kier alpha value is 0.0649. The Labute approximate surface area is 138 Å². The van der Waals surface area contributed by atoms with Crippen LogP contribution in [-0.4, -0.2) is 8.41 Å². The second-order valence-corrected chi connectivity index (χ2v) is 2.41. The molecule has 0 saturated carbocycles. The summed E-state index contributed by atoms with van der Waals surface area (Å²) < 4.78 is 0. The number of hydrogen-bond acceptors (Lipinski definition) is 0. The van der Waals surface area contributed by atoms with Crippen LogP contribution in [0.15, 0.2) is 0 Å². The summed E-state index contributed by atoms with van der Waals surface area (Å²) in [6.07, 6.45) is 6.79. The van der Waals surface area contributed by atoms with Crippen molar-refractivity contribution in [2.75, 3.05) is 0 Å². The van der Waals surface area contributed by atoms with Crippen LogP contribution in [0.25, 0.3) is 0 Å². The highest BCUT2D eigenvalue weighted by atomic mass is 13.8. The molecule has 0 spiro atoms. The van der Waals surface area contributed by atoms with Crippen molar-refractivity contribution in [2.45, 2.75) is 129 Å². The zero-order chi connectivity index (χ0) is 17.5. The standard InChI is InChI=1S/C6H14.C3H8.5C2H6.B/c1-3-5-6-4-2;1-3-2;5*1-2;/h3-6H2,1-2H3;3H2,1-2H3;5*1-2H3;. The summed E-state index contributed by atoms with van der Waals surface area (Å²) in [7, 11) is 0. The lowest BCUT2D eigenvalue weighted by Crippen LogP contribution is -1.66. The molecule has 0 aromatic carbocycles. The Morgan fingerprint density at radius 2 is 0.500 bits per heavy atom. The lowest BCUT2D eigenvalue weighted by Gasteiger charge is -1.86.